The number of rotatable bonds is 4. The van der Waals surface area contributed by atoms with Crippen LogP contribution in [0.3, 0.4) is 0 Å². The molecular formula is C15H15ClN4O. The predicted octanol–water partition coefficient (Wildman–Crippen LogP) is 2.95. The van der Waals surface area contributed by atoms with Gasteiger partial charge in [0, 0.05) is 12.6 Å². The Labute approximate surface area is 127 Å². The Morgan fingerprint density at radius 2 is 2.00 bits per heavy atom. The molecule has 2 heterocycles. The number of benzene rings is 1. The third-order valence-electron chi connectivity index (χ3n) is 3.17. The van der Waals surface area contributed by atoms with Gasteiger partial charge in [-0.05, 0) is 30.7 Å². The maximum absolute atomic E-state index is 6.04. The van der Waals surface area contributed by atoms with Gasteiger partial charge < -0.3 is 10.5 Å². The lowest BCUT2D eigenvalue weighted by atomic mass is 10.1. The number of nitrogens with zero attached hydrogens (tertiary/aromatic N) is 3. The molecule has 2 aromatic heterocycles. The molecule has 108 valence electrons. The van der Waals surface area contributed by atoms with Gasteiger partial charge in [0.1, 0.15) is 11.6 Å². The lowest BCUT2D eigenvalue weighted by Gasteiger charge is -2.05. The monoisotopic (exact) mass is 302 g/mol. The standard InChI is InChI=1S/C15H15ClN4O/c1-2-21-12-5-3-10(4-6-12)7-14-18-19-15-13(17)8-11(16)9-20(14)15/h3-6,8-9H,2,7,17H2,1H3. The summed E-state index contributed by atoms with van der Waals surface area (Å²) in [4.78, 5) is 0. The maximum atomic E-state index is 6.04. The Morgan fingerprint density at radius 3 is 2.71 bits per heavy atom. The van der Waals surface area contributed by atoms with Crippen molar-refractivity contribution in [3.8, 4) is 5.75 Å². The molecule has 0 radical (unpaired) electrons. The van der Waals surface area contributed by atoms with Crippen molar-refractivity contribution < 1.29 is 4.74 Å². The second kappa shape index (κ2) is 5.61. The lowest BCUT2D eigenvalue weighted by molar-refractivity contribution is 0.340. The largest absolute Gasteiger partial charge is 0.494 e. The van der Waals surface area contributed by atoms with Crippen molar-refractivity contribution in [2.45, 2.75) is 13.3 Å². The summed E-state index contributed by atoms with van der Waals surface area (Å²) < 4.78 is 7.26. The third-order valence-corrected chi connectivity index (χ3v) is 3.37. The highest BCUT2D eigenvalue weighted by atomic mass is 35.5. The summed E-state index contributed by atoms with van der Waals surface area (Å²) in [5, 5.41) is 8.86. The van der Waals surface area contributed by atoms with Crippen molar-refractivity contribution in [2.24, 2.45) is 0 Å². The SMILES string of the molecule is CCOc1ccc(Cc2nnc3c(N)cc(Cl)cn23)cc1. The minimum atomic E-state index is 0.521. The summed E-state index contributed by atoms with van der Waals surface area (Å²) in [5.74, 6) is 1.66. The van der Waals surface area contributed by atoms with Crippen LogP contribution in [0.2, 0.25) is 5.02 Å². The molecular weight excluding hydrogens is 288 g/mol. The molecule has 0 unspecified atom stereocenters. The van der Waals surface area contributed by atoms with Crippen molar-refractivity contribution in [2.75, 3.05) is 12.3 Å². The molecule has 3 aromatic rings. The third kappa shape index (κ3) is 2.78. The van der Waals surface area contributed by atoms with Crippen LogP contribution in [-0.2, 0) is 6.42 Å². The normalized spacial score (nSPS) is 11.0. The first-order valence-corrected chi connectivity index (χ1v) is 7.05. The Bertz CT molecular complexity index is 767. The number of pyridine rings is 1. The van der Waals surface area contributed by atoms with Crippen molar-refractivity contribution in [3.63, 3.8) is 0 Å². The second-order valence-corrected chi connectivity index (χ2v) is 5.11. The van der Waals surface area contributed by atoms with E-state index in [0.29, 0.717) is 29.4 Å². The summed E-state index contributed by atoms with van der Waals surface area (Å²) in [6.45, 7) is 2.62. The quantitative estimate of drug-likeness (QED) is 0.804. The van der Waals surface area contributed by atoms with Crippen LogP contribution in [0.25, 0.3) is 5.65 Å². The van der Waals surface area contributed by atoms with Crippen LogP contribution in [0.1, 0.15) is 18.3 Å². The first kappa shape index (κ1) is 13.7. The van der Waals surface area contributed by atoms with Gasteiger partial charge in [-0.1, -0.05) is 23.7 Å². The van der Waals surface area contributed by atoms with Gasteiger partial charge in [0.15, 0.2) is 5.65 Å². The Balaban J connectivity index is 1.91. The zero-order valence-corrected chi connectivity index (χ0v) is 12.3. The number of fused-ring (bicyclic) bond motifs is 1. The number of nitrogen functional groups attached to an aromatic ring is 1. The van der Waals surface area contributed by atoms with E-state index in [2.05, 4.69) is 10.2 Å². The summed E-state index contributed by atoms with van der Waals surface area (Å²) in [5.41, 5.74) is 8.16. The van der Waals surface area contributed by atoms with Crippen LogP contribution in [0, 0.1) is 0 Å². The number of nitrogens with two attached hydrogens (primary N) is 1. The first-order chi connectivity index (χ1) is 10.2. The van der Waals surface area contributed by atoms with E-state index in [1.165, 1.54) is 0 Å². The van der Waals surface area contributed by atoms with Crippen LogP contribution in [0.15, 0.2) is 36.5 Å². The zero-order valence-electron chi connectivity index (χ0n) is 11.6. The molecule has 0 amide bonds. The molecule has 0 aliphatic heterocycles. The molecule has 0 fully saturated rings. The number of anilines is 1. The van der Waals surface area contributed by atoms with Crippen LogP contribution in [0.5, 0.6) is 5.75 Å². The zero-order chi connectivity index (χ0) is 14.8. The number of hydrogen-bond acceptors (Lipinski definition) is 4. The molecule has 5 nitrogen and oxygen atoms in total. The van der Waals surface area contributed by atoms with Crippen molar-refractivity contribution >= 4 is 22.9 Å². The average Bonchev–Trinajstić information content (AvgIpc) is 2.85. The summed E-state index contributed by atoms with van der Waals surface area (Å²) in [6.07, 6.45) is 2.42. The van der Waals surface area contributed by atoms with E-state index < -0.39 is 0 Å². The molecule has 0 aliphatic carbocycles. The average molecular weight is 303 g/mol. The second-order valence-electron chi connectivity index (χ2n) is 4.68. The summed E-state index contributed by atoms with van der Waals surface area (Å²) in [6, 6.07) is 9.60. The number of hydrogen-bond donors (Lipinski definition) is 1. The van der Waals surface area contributed by atoms with Gasteiger partial charge in [-0.2, -0.15) is 0 Å². The van der Waals surface area contributed by atoms with E-state index in [-0.39, 0.29) is 0 Å². The van der Waals surface area contributed by atoms with Gasteiger partial charge in [-0.3, -0.25) is 4.40 Å². The summed E-state index contributed by atoms with van der Waals surface area (Å²) >= 11 is 6.04. The molecule has 0 aliphatic rings. The van der Waals surface area contributed by atoms with Crippen molar-refractivity contribution in [1.29, 1.82) is 0 Å². The topological polar surface area (TPSA) is 65.4 Å². The molecule has 1 aromatic carbocycles. The van der Waals surface area contributed by atoms with Gasteiger partial charge >= 0.3 is 0 Å². The minimum Gasteiger partial charge on any atom is -0.494 e. The molecule has 0 spiro atoms. The maximum Gasteiger partial charge on any atom is 0.184 e. The highest BCUT2D eigenvalue weighted by Crippen LogP contribution is 2.20. The highest BCUT2D eigenvalue weighted by Gasteiger charge is 2.10. The number of aromatic nitrogens is 3. The Morgan fingerprint density at radius 1 is 1.24 bits per heavy atom. The fraction of sp³-hybridized carbons (Fsp3) is 0.200. The van der Waals surface area contributed by atoms with E-state index in [0.717, 1.165) is 17.1 Å². The number of halogens is 1. The predicted molar refractivity (Wildman–Crippen MR) is 82.8 cm³/mol. The van der Waals surface area contributed by atoms with Gasteiger partial charge in [0.05, 0.1) is 17.3 Å². The number of ether oxygens (including phenoxy) is 1. The molecule has 6 heteroatoms. The molecule has 21 heavy (non-hydrogen) atoms. The lowest BCUT2D eigenvalue weighted by Crippen LogP contribution is -1.99. The molecule has 0 bridgehead atoms. The van der Waals surface area contributed by atoms with E-state index in [9.17, 15) is 0 Å². The van der Waals surface area contributed by atoms with Gasteiger partial charge in [0.2, 0.25) is 0 Å². The van der Waals surface area contributed by atoms with Gasteiger partial charge in [0.25, 0.3) is 0 Å². The smallest absolute Gasteiger partial charge is 0.184 e. The molecule has 0 atom stereocenters. The van der Waals surface area contributed by atoms with E-state index >= 15 is 0 Å². The highest BCUT2D eigenvalue weighted by molar-refractivity contribution is 6.30. The fourth-order valence-corrected chi connectivity index (χ4v) is 2.42. The van der Waals surface area contributed by atoms with E-state index in [4.69, 9.17) is 22.1 Å². The Hall–Kier alpha value is -2.27. The van der Waals surface area contributed by atoms with Gasteiger partial charge in [-0.25, -0.2) is 0 Å². The van der Waals surface area contributed by atoms with E-state index in [1.807, 2.05) is 35.6 Å². The molecule has 0 saturated carbocycles. The van der Waals surface area contributed by atoms with Crippen molar-refractivity contribution in [3.05, 3.63) is 52.9 Å². The Kier molecular flexibility index (Phi) is 3.66. The molecule has 0 saturated heterocycles. The first-order valence-electron chi connectivity index (χ1n) is 6.67. The summed E-state index contributed by atoms with van der Waals surface area (Å²) in [7, 11) is 0. The van der Waals surface area contributed by atoms with Crippen LogP contribution < -0.4 is 10.5 Å². The van der Waals surface area contributed by atoms with Crippen LogP contribution in [-0.4, -0.2) is 21.2 Å². The molecule has 3 rings (SSSR count). The van der Waals surface area contributed by atoms with E-state index in [1.54, 1.807) is 12.3 Å². The van der Waals surface area contributed by atoms with Crippen LogP contribution >= 0.6 is 11.6 Å². The molecule has 2 N–H and O–H groups in total. The van der Waals surface area contributed by atoms with Crippen LogP contribution in [0.4, 0.5) is 5.69 Å². The minimum absolute atomic E-state index is 0.521. The van der Waals surface area contributed by atoms with Crippen molar-refractivity contribution in [1.82, 2.24) is 14.6 Å². The van der Waals surface area contributed by atoms with Gasteiger partial charge in [-0.15, -0.1) is 10.2 Å². The fourth-order valence-electron chi connectivity index (χ4n) is 2.20.